The molecule has 0 saturated carbocycles. The summed E-state index contributed by atoms with van der Waals surface area (Å²) in [5.41, 5.74) is 0.181. The molecule has 1 N–H and O–H groups in total. The first kappa shape index (κ1) is 17.0. The Morgan fingerprint density at radius 1 is 1.11 bits per heavy atom. The number of carbonyl (C=O) groups excluding carboxylic acids is 1. The van der Waals surface area contributed by atoms with E-state index in [9.17, 15) is 4.79 Å². The summed E-state index contributed by atoms with van der Waals surface area (Å²) in [6, 6.07) is 0. The number of nitrogens with one attached hydrogen (secondary N) is 1. The summed E-state index contributed by atoms with van der Waals surface area (Å²) in [5.74, 6) is -0.405. The van der Waals surface area contributed by atoms with Crippen molar-refractivity contribution >= 4 is 11.7 Å². The minimum Gasteiger partial charge on any atom is -0.466 e. The molecule has 0 bridgehead atoms. The second-order valence-electron chi connectivity index (χ2n) is 3.44. The fourth-order valence-electron chi connectivity index (χ4n) is 1.23. The SMILES string of the molecule is CCOC(=O)CC(=N)COCC(OCC)OCC. The van der Waals surface area contributed by atoms with Gasteiger partial charge in [0, 0.05) is 18.9 Å². The molecule has 0 heterocycles. The minimum atomic E-state index is -0.421. The third-order valence-corrected chi connectivity index (χ3v) is 1.90. The van der Waals surface area contributed by atoms with Crippen LogP contribution in [0.5, 0.6) is 0 Å². The molecule has 106 valence electrons. The summed E-state index contributed by atoms with van der Waals surface area (Å²) < 4.78 is 20.5. The fraction of sp³-hybridized carbons (Fsp3) is 0.833. The van der Waals surface area contributed by atoms with E-state index in [4.69, 9.17) is 24.4 Å². The molecule has 0 rings (SSSR count). The Balaban J connectivity index is 3.73. The highest BCUT2D eigenvalue weighted by atomic mass is 16.7. The highest BCUT2D eigenvalue weighted by Crippen LogP contribution is 1.97. The monoisotopic (exact) mass is 261 g/mol. The lowest BCUT2D eigenvalue weighted by Gasteiger charge is -2.16. The van der Waals surface area contributed by atoms with Crippen LogP contribution in [0, 0.1) is 5.41 Å². The lowest BCUT2D eigenvalue weighted by molar-refractivity contribution is -0.164. The smallest absolute Gasteiger partial charge is 0.311 e. The van der Waals surface area contributed by atoms with Crippen molar-refractivity contribution < 1.29 is 23.7 Å². The first-order valence-corrected chi connectivity index (χ1v) is 6.16. The Bertz CT molecular complexity index is 239. The van der Waals surface area contributed by atoms with E-state index in [1.807, 2.05) is 13.8 Å². The van der Waals surface area contributed by atoms with Crippen molar-refractivity contribution in [3.8, 4) is 0 Å². The van der Waals surface area contributed by atoms with E-state index in [0.29, 0.717) is 19.8 Å². The molecule has 6 nitrogen and oxygen atoms in total. The van der Waals surface area contributed by atoms with Gasteiger partial charge >= 0.3 is 5.97 Å². The molecule has 0 aliphatic carbocycles. The van der Waals surface area contributed by atoms with Crippen LogP contribution in [0.2, 0.25) is 0 Å². The topological polar surface area (TPSA) is 77.8 Å². The standard InChI is InChI=1S/C12H23NO5/c1-4-16-11(14)7-10(13)8-15-9-12(17-5-2)18-6-3/h12-13H,4-9H2,1-3H3. The van der Waals surface area contributed by atoms with Crippen LogP contribution in [0.1, 0.15) is 27.2 Å². The lowest BCUT2D eigenvalue weighted by Crippen LogP contribution is -2.25. The largest absolute Gasteiger partial charge is 0.466 e. The van der Waals surface area contributed by atoms with Crippen LogP contribution in [0.4, 0.5) is 0 Å². The molecule has 0 spiro atoms. The minimum absolute atomic E-state index is 0.0399. The summed E-state index contributed by atoms with van der Waals surface area (Å²) in [6.45, 7) is 7.19. The Morgan fingerprint density at radius 3 is 2.22 bits per heavy atom. The van der Waals surface area contributed by atoms with Gasteiger partial charge in [0.25, 0.3) is 0 Å². The highest BCUT2D eigenvalue weighted by Gasteiger charge is 2.10. The molecule has 0 unspecified atom stereocenters. The molecule has 0 aromatic rings. The van der Waals surface area contributed by atoms with Crippen molar-refractivity contribution in [3.63, 3.8) is 0 Å². The van der Waals surface area contributed by atoms with Gasteiger partial charge in [0.15, 0.2) is 6.29 Å². The van der Waals surface area contributed by atoms with Gasteiger partial charge in [0.1, 0.15) is 0 Å². The normalized spacial score (nSPS) is 10.7. The van der Waals surface area contributed by atoms with E-state index in [-0.39, 0.29) is 25.3 Å². The summed E-state index contributed by atoms with van der Waals surface area (Å²) in [7, 11) is 0. The van der Waals surface area contributed by atoms with Crippen molar-refractivity contribution in [2.45, 2.75) is 33.5 Å². The number of ether oxygens (including phenoxy) is 4. The lowest BCUT2D eigenvalue weighted by atomic mass is 10.3. The molecular formula is C12H23NO5. The first-order valence-electron chi connectivity index (χ1n) is 6.16. The second-order valence-corrected chi connectivity index (χ2v) is 3.44. The molecule has 0 fully saturated rings. The van der Waals surface area contributed by atoms with Gasteiger partial charge in [0.2, 0.25) is 0 Å². The zero-order valence-electron chi connectivity index (χ0n) is 11.4. The third kappa shape index (κ3) is 9.09. The second kappa shape index (κ2) is 11.1. The predicted molar refractivity (Wildman–Crippen MR) is 66.8 cm³/mol. The molecule has 0 radical (unpaired) electrons. The van der Waals surface area contributed by atoms with Crippen LogP contribution in [0.15, 0.2) is 0 Å². The Kier molecular flexibility index (Phi) is 10.5. The number of rotatable bonds is 11. The van der Waals surface area contributed by atoms with Gasteiger partial charge in [-0.15, -0.1) is 0 Å². The van der Waals surface area contributed by atoms with Crippen molar-refractivity contribution in [1.82, 2.24) is 0 Å². The van der Waals surface area contributed by atoms with E-state index in [0.717, 1.165) is 0 Å². The molecule has 6 heteroatoms. The Hall–Kier alpha value is -0.980. The number of esters is 1. The van der Waals surface area contributed by atoms with Gasteiger partial charge in [-0.05, 0) is 20.8 Å². The molecular weight excluding hydrogens is 238 g/mol. The molecule has 0 aromatic heterocycles. The summed E-state index contributed by atoms with van der Waals surface area (Å²) in [4.78, 5) is 11.1. The highest BCUT2D eigenvalue weighted by molar-refractivity contribution is 5.97. The first-order chi connectivity index (χ1) is 8.63. The van der Waals surface area contributed by atoms with E-state index in [2.05, 4.69) is 0 Å². The van der Waals surface area contributed by atoms with Crippen LogP contribution < -0.4 is 0 Å². The van der Waals surface area contributed by atoms with Crippen LogP contribution >= 0.6 is 0 Å². The zero-order chi connectivity index (χ0) is 13.8. The quantitative estimate of drug-likeness (QED) is 0.345. The third-order valence-electron chi connectivity index (χ3n) is 1.90. The number of carbonyl (C=O) groups is 1. The van der Waals surface area contributed by atoms with Crippen LogP contribution in [-0.2, 0) is 23.7 Å². The molecule has 0 aliphatic rings. The molecule has 0 amide bonds. The summed E-state index contributed by atoms with van der Waals surface area (Å²) in [6.07, 6.45) is -0.461. The van der Waals surface area contributed by atoms with E-state index in [1.54, 1.807) is 6.92 Å². The van der Waals surface area contributed by atoms with Gasteiger partial charge in [-0.3, -0.25) is 4.79 Å². The maximum Gasteiger partial charge on any atom is 0.311 e. The Morgan fingerprint density at radius 2 is 1.72 bits per heavy atom. The molecule has 0 aliphatic heterocycles. The average molecular weight is 261 g/mol. The molecule has 0 aromatic carbocycles. The fourth-order valence-corrected chi connectivity index (χ4v) is 1.23. The van der Waals surface area contributed by atoms with Crippen LogP contribution in [-0.4, -0.2) is 51.0 Å². The molecule has 18 heavy (non-hydrogen) atoms. The van der Waals surface area contributed by atoms with Gasteiger partial charge in [0.05, 0.1) is 26.2 Å². The molecule has 0 saturated heterocycles. The molecule has 0 atom stereocenters. The van der Waals surface area contributed by atoms with Gasteiger partial charge in [-0.1, -0.05) is 0 Å². The van der Waals surface area contributed by atoms with Crippen LogP contribution in [0.25, 0.3) is 0 Å². The van der Waals surface area contributed by atoms with E-state index in [1.165, 1.54) is 0 Å². The predicted octanol–water partition coefficient (Wildman–Crippen LogP) is 1.38. The van der Waals surface area contributed by atoms with Crippen molar-refractivity contribution in [2.75, 3.05) is 33.0 Å². The maximum atomic E-state index is 11.1. The summed E-state index contributed by atoms with van der Waals surface area (Å²) >= 11 is 0. The van der Waals surface area contributed by atoms with E-state index >= 15 is 0 Å². The van der Waals surface area contributed by atoms with Crippen molar-refractivity contribution in [2.24, 2.45) is 0 Å². The van der Waals surface area contributed by atoms with Gasteiger partial charge < -0.3 is 24.4 Å². The Labute approximate surface area is 108 Å². The maximum absolute atomic E-state index is 11.1. The number of hydrogen-bond donors (Lipinski definition) is 1. The van der Waals surface area contributed by atoms with E-state index < -0.39 is 12.3 Å². The van der Waals surface area contributed by atoms with Gasteiger partial charge in [-0.2, -0.15) is 0 Å². The average Bonchev–Trinajstić information content (AvgIpc) is 2.29. The van der Waals surface area contributed by atoms with Crippen LogP contribution in [0.3, 0.4) is 0 Å². The zero-order valence-corrected chi connectivity index (χ0v) is 11.4. The number of hydrogen-bond acceptors (Lipinski definition) is 6. The summed E-state index contributed by atoms with van der Waals surface area (Å²) in [5, 5.41) is 7.54. The van der Waals surface area contributed by atoms with Crippen molar-refractivity contribution in [1.29, 1.82) is 5.41 Å². The van der Waals surface area contributed by atoms with Gasteiger partial charge in [-0.25, -0.2) is 0 Å². The van der Waals surface area contributed by atoms with Crippen molar-refractivity contribution in [3.05, 3.63) is 0 Å².